The average molecular weight is 1070 g/mol. The summed E-state index contributed by atoms with van der Waals surface area (Å²) in [6.07, 6.45) is 1.59. The van der Waals surface area contributed by atoms with Gasteiger partial charge in [0, 0.05) is 45.6 Å². The zero-order chi connectivity index (χ0) is 56.2. The van der Waals surface area contributed by atoms with Crippen molar-refractivity contribution in [2.24, 2.45) is 38.7 Å². The average Bonchev–Trinajstić information content (AvgIpc) is 4.22. The summed E-state index contributed by atoms with van der Waals surface area (Å²) in [4.78, 5) is 135. The molecule has 0 saturated carbocycles. The molecule has 77 heavy (non-hydrogen) atoms. The van der Waals surface area contributed by atoms with Gasteiger partial charge in [0.25, 0.3) is 0 Å². The fourth-order valence-electron chi connectivity index (χ4n) is 9.71. The molecule has 8 amide bonds. The van der Waals surface area contributed by atoms with Crippen LogP contribution in [-0.2, 0) is 56.0 Å². The number of carboxylic acids is 1. The normalized spacial score (nSPS) is 19.3. The van der Waals surface area contributed by atoms with E-state index in [0.29, 0.717) is 69.2 Å². The minimum absolute atomic E-state index is 0.0227. The van der Waals surface area contributed by atoms with Crippen molar-refractivity contribution in [1.29, 1.82) is 0 Å². The first kappa shape index (κ1) is 60.0. The molecule has 2 aromatic carbocycles. The van der Waals surface area contributed by atoms with Crippen molar-refractivity contribution in [3.05, 3.63) is 71.8 Å². The van der Waals surface area contributed by atoms with Gasteiger partial charge in [-0.2, -0.15) is 0 Å². The molecule has 0 bridgehead atoms. The van der Waals surface area contributed by atoms with Crippen molar-refractivity contribution in [1.82, 2.24) is 41.3 Å². The number of hydrogen-bond donors (Lipinski definition) is 12. The highest BCUT2D eigenvalue weighted by Gasteiger charge is 2.44. The first-order valence-corrected chi connectivity index (χ1v) is 26.0. The van der Waals surface area contributed by atoms with Gasteiger partial charge in [-0.1, -0.05) is 60.7 Å². The molecule has 0 aromatic heterocycles. The van der Waals surface area contributed by atoms with Crippen molar-refractivity contribution in [3.63, 3.8) is 0 Å². The summed E-state index contributed by atoms with van der Waals surface area (Å²) < 4.78 is 0. The molecule has 9 atom stereocenters. The van der Waals surface area contributed by atoms with Gasteiger partial charge in [-0.15, -0.1) is 0 Å². The summed E-state index contributed by atoms with van der Waals surface area (Å²) in [6, 6.07) is 7.94. The predicted octanol–water partition coefficient (Wildman–Crippen LogP) is -3.60. The summed E-state index contributed by atoms with van der Waals surface area (Å²) >= 11 is 0. The standard InChI is InChI=1S/C51H75N15O11/c1-30(67)41(48(75)65-25-11-20-38(65)45(72)62-36(28-32-15-6-3-7-16-32)42(69)61-34(49(76)77)18-9-23-58-51(55)56)63-43(70)35(27-31-13-4-2-5-14-31)60-40(68)29-59-44(71)37-19-10-24-64(37)47(74)39-21-12-26-66(39)46(73)33(52)17-8-22-57-50(53)54/h2-7,13-16,30,33-39,41,67H,8-12,17-29,52H2,1H3,(H,59,71)(H,60,68)(H,61,69)(H,62,72)(H,63,70)(H,76,77)(H4,53,54,57)(H4,55,56,58). The van der Waals surface area contributed by atoms with Gasteiger partial charge in [0.15, 0.2) is 11.9 Å². The highest BCUT2D eigenvalue weighted by molar-refractivity contribution is 5.98. The quantitative estimate of drug-likeness (QED) is 0.0234. The number of amides is 8. The summed E-state index contributed by atoms with van der Waals surface area (Å²) in [5, 5.41) is 33.9. The Morgan fingerprint density at radius 1 is 0.610 bits per heavy atom. The largest absolute Gasteiger partial charge is 0.480 e. The topological polar surface area (TPSA) is 419 Å². The highest BCUT2D eigenvalue weighted by atomic mass is 16.4. The van der Waals surface area contributed by atoms with Crippen LogP contribution in [-0.4, -0.2) is 184 Å². The molecule has 0 aliphatic carbocycles. The minimum atomic E-state index is -1.62. The van der Waals surface area contributed by atoms with Gasteiger partial charge in [0.2, 0.25) is 47.3 Å². The molecule has 3 heterocycles. The van der Waals surface area contributed by atoms with Gasteiger partial charge in [-0.3, -0.25) is 48.3 Å². The monoisotopic (exact) mass is 1070 g/mol. The van der Waals surface area contributed by atoms with Crippen molar-refractivity contribution in [3.8, 4) is 0 Å². The van der Waals surface area contributed by atoms with Gasteiger partial charge in [0.05, 0.1) is 18.7 Å². The second kappa shape index (κ2) is 29.4. The maximum Gasteiger partial charge on any atom is 0.326 e. The third kappa shape index (κ3) is 17.9. The molecule has 3 fully saturated rings. The van der Waals surface area contributed by atoms with Gasteiger partial charge < -0.3 is 80.2 Å². The molecular formula is C51H75N15O11. The van der Waals surface area contributed by atoms with E-state index < -0.39 is 108 Å². The first-order chi connectivity index (χ1) is 36.7. The molecule has 2 aromatic rings. The fourth-order valence-corrected chi connectivity index (χ4v) is 9.71. The van der Waals surface area contributed by atoms with Crippen molar-refractivity contribution in [2.45, 2.75) is 138 Å². The van der Waals surface area contributed by atoms with Crippen LogP contribution in [0.15, 0.2) is 70.6 Å². The number of rotatable bonds is 27. The Bertz CT molecular complexity index is 2440. The maximum atomic E-state index is 14.4. The number of aliphatic hydroxyl groups excluding tert-OH is 1. The molecule has 26 nitrogen and oxygen atoms in total. The minimum Gasteiger partial charge on any atom is -0.480 e. The number of aliphatic hydroxyl groups is 1. The number of carbonyl (C=O) groups is 9. The lowest BCUT2D eigenvalue weighted by atomic mass is 10.0. The fraction of sp³-hybridized carbons (Fsp3) is 0.549. The second-order valence-electron chi connectivity index (χ2n) is 19.5. The number of aliphatic imine (C=N–C) groups is 2. The Balaban J connectivity index is 1.23. The SMILES string of the molecule is CC(O)C(NC(=O)C(Cc1ccccc1)NC(=O)CNC(=O)C1CCCN1C(=O)C1CCCN1C(=O)C(N)CCCN=C(N)N)C(=O)N1CCCC1C(=O)NC(Cc1ccccc1)C(=O)NC(CCCN=C(N)N)C(=O)O. The van der Waals surface area contributed by atoms with Crippen LogP contribution in [0.5, 0.6) is 0 Å². The Morgan fingerprint density at radius 3 is 1.62 bits per heavy atom. The Labute approximate surface area is 446 Å². The van der Waals surface area contributed by atoms with E-state index in [4.69, 9.17) is 28.7 Å². The number of nitrogens with two attached hydrogens (primary N) is 5. The maximum absolute atomic E-state index is 14.4. The number of carbonyl (C=O) groups excluding carboxylic acids is 8. The van der Waals surface area contributed by atoms with Gasteiger partial charge in [0.1, 0.15) is 42.3 Å². The Hall–Kier alpha value is -7.87. The van der Waals surface area contributed by atoms with Gasteiger partial charge in [-0.25, -0.2) is 4.79 Å². The summed E-state index contributed by atoms with van der Waals surface area (Å²) in [7, 11) is 0. The van der Waals surface area contributed by atoms with Crippen LogP contribution in [0.2, 0.25) is 0 Å². The molecule has 3 saturated heterocycles. The molecule has 3 aliphatic heterocycles. The molecule has 0 radical (unpaired) electrons. The van der Waals surface area contributed by atoms with Crippen LogP contribution in [0.25, 0.3) is 0 Å². The lowest BCUT2D eigenvalue weighted by Gasteiger charge is -2.32. The molecular weight excluding hydrogens is 999 g/mol. The molecule has 3 aliphatic rings. The van der Waals surface area contributed by atoms with E-state index in [2.05, 4.69) is 36.6 Å². The lowest BCUT2D eigenvalue weighted by molar-refractivity contribution is -0.147. The molecule has 9 unspecified atom stereocenters. The molecule has 17 N–H and O–H groups in total. The summed E-state index contributed by atoms with van der Waals surface area (Å²) in [5.74, 6) is -6.95. The lowest BCUT2D eigenvalue weighted by Crippen LogP contribution is -2.61. The van der Waals surface area contributed by atoms with Crippen LogP contribution < -0.4 is 55.3 Å². The number of hydrogen-bond acceptors (Lipinski definition) is 13. The van der Waals surface area contributed by atoms with E-state index in [9.17, 15) is 53.4 Å². The van der Waals surface area contributed by atoms with E-state index in [-0.39, 0.29) is 69.6 Å². The number of guanidine groups is 2. The first-order valence-electron chi connectivity index (χ1n) is 26.0. The van der Waals surface area contributed by atoms with Crippen LogP contribution in [0.3, 0.4) is 0 Å². The predicted molar refractivity (Wildman–Crippen MR) is 282 cm³/mol. The van der Waals surface area contributed by atoms with Crippen LogP contribution in [0.4, 0.5) is 0 Å². The number of benzene rings is 2. The Kier molecular flexibility index (Phi) is 22.9. The third-order valence-electron chi connectivity index (χ3n) is 13.7. The summed E-state index contributed by atoms with van der Waals surface area (Å²) in [5.41, 5.74) is 29.0. The summed E-state index contributed by atoms with van der Waals surface area (Å²) in [6.45, 7) is 1.71. The van der Waals surface area contributed by atoms with E-state index >= 15 is 0 Å². The zero-order valence-corrected chi connectivity index (χ0v) is 43.4. The molecule has 420 valence electrons. The third-order valence-corrected chi connectivity index (χ3v) is 13.7. The number of nitrogens with one attached hydrogen (secondary N) is 5. The Morgan fingerprint density at radius 2 is 1.09 bits per heavy atom. The van der Waals surface area contributed by atoms with Crippen molar-refractivity contribution in [2.75, 3.05) is 39.3 Å². The number of likely N-dealkylation sites (tertiary alicyclic amines) is 3. The van der Waals surface area contributed by atoms with E-state index in [0.717, 1.165) is 0 Å². The highest BCUT2D eigenvalue weighted by Crippen LogP contribution is 2.26. The number of carboxylic acid groups (broad SMARTS) is 1. The van der Waals surface area contributed by atoms with Gasteiger partial charge in [-0.05, 0) is 82.3 Å². The van der Waals surface area contributed by atoms with Gasteiger partial charge >= 0.3 is 5.97 Å². The number of nitrogens with zero attached hydrogens (tertiary/aromatic N) is 5. The van der Waals surface area contributed by atoms with E-state index in [1.165, 1.54) is 21.6 Å². The zero-order valence-electron chi connectivity index (χ0n) is 43.4. The van der Waals surface area contributed by atoms with Crippen molar-refractivity contribution < 1.29 is 53.4 Å². The molecule has 5 rings (SSSR count). The van der Waals surface area contributed by atoms with Crippen LogP contribution >= 0.6 is 0 Å². The van der Waals surface area contributed by atoms with E-state index in [1.54, 1.807) is 60.7 Å². The molecule has 0 spiro atoms. The van der Waals surface area contributed by atoms with Crippen LogP contribution in [0.1, 0.15) is 82.3 Å². The molecule has 26 heteroatoms. The number of aliphatic carboxylic acids is 1. The second-order valence-corrected chi connectivity index (χ2v) is 19.5. The van der Waals surface area contributed by atoms with Crippen molar-refractivity contribution >= 4 is 65.1 Å². The smallest absolute Gasteiger partial charge is 0.326 e. The van der Waals surface area contributed by atoms with Crippen LogP contribution in [0, 0.1) is 0 Å². The van der Waals surface area contributed by atoms with E-state index in [1.807, 2.05) is 0 Å².